The molecule has 0 saturated carbocycles. The van der Waals surface area contributed by atoms with Crippen LogP contribution < -0.4 is 4.90 Å². The summed E-state index contributed by atoms with van der Waals surface area (Å²) in [6, 6.07) is 59.5. The van der Waals surface area contributed by atoms with Gasteiger partial charge in [-0.25, -0.2) is 0 Å². The van der Waals surface area contributed by atoms with Crippen LogP contribution in [0.5, 0.6) is 0 Å². The molecule has 0 spiro atoms. The van der Waals surface area contributed by atoms with Crippen LogP contribution in [0.2, 0.25) is 0 Å². The molecule has 10 rings (SSSR count). The standard InChI is InChI=1S/C47H33NO/c1-47(2)41-18-8-7-17-38(41)40-29-36(24-26-42(40)47)48(35-15-9-14-33(28-35)34-22-21-30-11-3-4-13-32(30)27-34)43-19-10-20-44-45(43)39-25-23-31-12-5-6-16-37(31)46(39)49-44/h3-29H,1-2H3. The van der Waals surface area contributed by atoms with Crippen LogP contribution in [-0.4, -0.2) is 0 Å². The van der Waals surface area contributed by atoms with Gasteiger partial charge < -0.3 is 9.32 Å². The number of anilines is 3. The second kappa shape index (κ2) is 10.4. The highest BCUT2D eigenvalue weighted by atomic mass is 16.3. The maximum atomic E-state index is 6.68. The van der Waals surface area contributed by atoms with Gasteiger partial charge in [0.05, 0.1) is 11.1 Å². The van der Waals surface area contributed by atoms with Gasteiger partial charge in [-0.3, -0.25) is 0 Å². The van der Waals surface area contributed by atoms with E-state index in [4.69, 9.17) is 4.42 Å². The normalized spacial score (nSPS) is 13.3. The van der Waals surface area contributed by atoms with E-state index >= 15 is 0 Å². The highest BCUT2D eigenvalue weighted by Crippen LogP contribution is 2.51. The highest BCUT2D eigenvalue weighted by molar-refractivity contribution is 6.19. The predicted molar refractivity (Wildman–Crippen MR) is 206 cm³/mol. The summed E-state index contributed by atoms with van der Waals surface area (Å²) in [5.74, 6) is 0. The average molecular weight is 628 g/mol. The first kappa shape index (κ1) is 27.9. The number of nitrogens with zero attached hydrogens (tertiary/aromatic N) is 1. The first-order valence-corrected chi connectivity index (χ1v) is 17.0. The van der Waals surface area contributed by atoms with Crippen molar-refractivity contribution in [1.82, 2.24) is 0 Å². The van der Waals surface area contributed by atoms with Crippen molar-refractivity contribution in [3.8, 4) is 22.3 Å². The minimum absolute atomic E-state index is 0.0624. The van der Waals surface area contributed by atoms with Gasteiger partial charge in [-0.05, 0) is 98.1 Å². The van der Waals surface area contributed by atoms with E-state index in [2.05, 4.69) is 183 Å². The van der Waals surface area contributed by atoms with Gasteiger partial charge in [0, 0.05) is 27.6 Å². The molecule has 8 aromatic carbocycles. The molecule has 0 atom stereocenters. The molecule has 0 radical (unpaired) electrons. The van der Waals surface area contributed by atoms with Crippen LogP contribution in [0, 0.1) is 0 Å². The first-order valence-electron chi connectivity index (χ1n) is 17.0. The van der Waals surface area contributed by atoms with Crippen molar-refractivity contribution in [2.75, 3.05) is 4.90 Å². The van der Waals surface area contributed by atoms with Gasteiger partial charge in [0.15, 0.2) is 0 Å². The van der Waals surface area contributed by atoms with Gasteiger partial charge in [-0.15, -0.1) is 0 Å². The average Bonchev–Trinajstić information content (AvgIpc) is 3.65. The molecule has 0 N–H and O–H groups in total. The Bertz CT molecular complexity index is 2770. The Kier molecular flexibility index (Phi) is 5.95. The third kappa shape index (κ3) is 4.20. The summed E-state index contributed by atoms with van der Waals surface area (Å²) < 4.78 is 6.68. The van der Waals surface area contributed by atoms with Crippen LogP contribution in [0.4, 0.5) is 17.1 Å². The molecule has 0 saturated heterocycles. The predicted octanol–water partition coefficient (Wildman–Crippen LogP) is 13.3. The quantitative estimate of drug-likeness (QED) is 0.193. The SMILES string of the molecule is CC1(C)c2ccccc2-c2cc(N(c3cccc(-c4ccc5ccccc5c4)c3)c3cccc4oc5c6ccccc6ccc5c34)ccc21. The minimum atomic E-state index is -0.0624. The lowest BCUT2D eigenvalue weighted by molar-refractivity contribution is 0.660. The van der Waals surface area contributed by atoms with Gasteiger partial charge in [0.25, 0.3) is 0 Å². The molecule has 0 fully saturated rings. The van der Waals surface area contributed by atoms with E-state index in [9.17, 15) is 0 Å². The molecule has 0 bridgehead atoms. The first-order chi connectivity index (χ1) is 24.0. The van der Waals surface area contributed by atoms with Crippen molar-refractivity contribution < 1.29 is 4.42 Å². The molecular formula is C47H33NO. The summed E-state index contributed by atoms with van der Waals surface area (Å²) in [6.45, 7) is 4.68. The highest BCUT2D eigenvalue weighted by Gasteiger charge is 2.35. The molecule has 1 heterocycles. The summed E-state index contributed by atoms with van der Waals surface area (Å²) >= 11 is 0. The third-order valence-corrected chi connectivity index (χ3v) is 10.6. The largest absolute Gasteiger partial charge is 0.455 e. The van der Waals surface area contributed by atoms with Crippen LogP contribution in [0.3, 0.4) is 0 Å². The summed E-state index contributed by atoms with van der Waals surface area (Å²) in [4.78, 5) is 2.42. The molecule has 0 amide bonds. The van der Waals surface area contributed by atoms with Crippen molar-refractivity contribution in [2.24, 2.45) is 0 Å². The lowest BCUT2D eigenvalue weighted by Gasteiger charge is -2.28. The second-order valence-corrected chi connectivity index (χ2v) is 13.8. The molecule has 1 aliphatic carbocycles. The van der Waals surface area contributed by atoms with Crippen LogP contribution in [0.25, 0.3) is 65.7 Å². The van der Waals surface area contributed by atoms with Crippen molar-refractivity contribution in [3.63, 3.8) is 0 Å². The second-order valence-electron chi connectivity index (χ2n) is 13.8. The number of fused-ring (bicyclic) bond motifs is 9. The Labute approximate surface area is 285 Å². The maximum absolute atomic E-state index is 6.68. The zero-order chi connectivity index (χ0) is 32.7. The minimum Gasteiger partial charge on any atom is -0.455 e. The fourth-order valence-corrected chi connectivity index (χ4v) is 8.19. The Hall–Kier alpha value is -6.12. The molecule has 2 heteroatoms. The fraction of sp³-hybridized carbons (Fsp3) is 0.0638. The van der Waals surface area contributed by atoms with Crippen molar-refractivity contribution in [1.29, 1.82) is 0 Å². The summed E-state index contributed by atoms with van der Waals surface area (Å²) in [5, 5.41) is 7.02. The van der Waals surface area contributed by atoms with Gasteiger partial charge in [-0.1, -0.05) is 129 Å². The topological polar surface area (TPSA) is 16.4 Å². The van der Waals surface area contributed by atoms with Crippen LogP contribution >= 0.6 is 0 Å². The third-order valence-electron chi connectivity index (χ3n) is 10.6. The Morgan fingerprint density at radius 3 is 2.10 bits per heavy atom. The number of benzene rings is 8. The van der Waals surface area contributed by atoms with Gasteiger partial charge in [0.2, 0.25) is 0 Å². The summed E-state index contributed by atoms with van der Waals surface area (Å²) in [7, 11) is 0. The molecule has 0 unspecified atom stereocenters. The molecule has 0 aliphatic heterocycles. The summed E-state index contributed by atoms with van der Waals surface area (Å²) in [6.07, 6.45) is 0. The van der Waals surface area contributed by atoms with Crippen LogP contribution in [0.15, 0.2) is 168 Å². The van der Waals surface area contributed by atoms with E-state index in [1.807, 2.05) is 0 Å². The fourth-order valence-electron chi connectivity index (χ4n) is 8.19. The smallest absolute Gasteiger partial charge is 0.143 e. The number of hydrogen-bond donors (Lipinski definition) is 0. The van der Waals surface area contributed by atoms with Gasteiger partial charge >= 0.3 is 0 Å². The molecular weight excluding hydrogens is 595 g/mol. The Morgan fingerprint density at radius 1 is 0.469 bits per heavy atom. The van der Waals surface area contributed by atoms with Crippen LogP contribution in [-0.2, 0) is 5.41 Å². The lowest BCUT2D eigenvalue weighted by atomic mass is 9.82. The van der Waals surface area contributed by atoms with E-state index in [1.165, 1.54) is 49.5 Å². The van der Waals surface area contributed by atoms with Crippen LogP contribution in [0.1, 0.15) is 25.0 Å². The number of rotatable bonds is 4. The van der Waals surface area contributed by atoms with Gasteiger partial charge in [0.1, 0.15) is 11.2 Å². The molecule has 9 aromatic rings. The molecule has 1 aromatic heterocycles. The number of furan rings is 1. The number of hydrogen-bond acceptors (Lipinski definition) is 2. The summed E-state index contributed by atoms with van der Waals surface area (Å²) in [5.41, 5.74) is 12.8. The van der Waals surface area contributed by atoms with E-state index < -0.39 is 0 Å². The van der Waals surface area contributed by atoms with Crippen molar-refractivity contribution in [2.45, 2.75) is 19.3 Å². The molecule has 232 valence electrons. The zero-order valence-corrected chi connectivity index (χ0v) is 27.4. The van der Waals surface area contributed by atoms with Gasteiger partial charge in [-0.2, -0.15) is 0 Å². The van der Waals surface area contributed by atoms with E-state index in [1.54, 1.807) is 0 Å². The van der Waals surface area contributed by atoms with Crippen molar-refractivity contribution in [3.05, 3.63) is 175 Å². The van der Waals surface area contributed by atoms with Crippen molar-refractivity contribution >= 4 is 60.5 Å². The monoisotopic (exact) mass is 627 g/mol. The zero-order valence-electron chi connectivity index (χ0n) is 27.4. The molecule has 2 nitrogen and oxygen atoms in total. The molecule has 1 aliphatic rings. The maximum Gasteiger partial charge on any atom is 0.143 e. The lowest BCUT2D eigenvalue weighted by Crippen LogP contribution is -2.15. The Morgan fingerprint density at radius 2 is 1.18 bits per heavy atom. The van der Waals surface area contributed by atoms with E-state index in [0.717, 1.165) is 44.4 Å². The Balaban J connectivity index is 1.23. The van der Waals surface area contributed by atoms with E-state index in [0.29, 0.717) is 0 Å². The van der Waals surface area contributed by atoms with E-state index in [-0.39, 0.29) is 5.41 Å². The molecule has 49 heavy (non-hydrogen) atoms.